The number of fused-ring (bicyclic) bond motifs is 4. The number of rotatable bonds is 3. The fourth-order valence-electron chi connectivity index (χ4n) is 4.59. The maximum Gasteiger partial charge on any atom is 0.245 e. The summed E-state index contributed by atoms with van der Waals surface area (Å²) in [5.74, 6) is 0.629. The second kappa shape index (κ2) is 7.50. The van der Waals surface area contributed by atoms with Crippen LogP contribution in [0.5, 0.6) is 11.5 Å². The summed E-state index contributed by atoms with van der Waals surface area (Å²) in [5, 5.41) is 1.05. The maximum atomic E-state index is 13.2. The van der Waals surface area contributed by atoms with Crippen LogP contribution in [0.25, 0.3) is 10.9 Å². The zero-order chi connectivity index (χ0) is 21.7. The number of hydrogen-bond donors (Lipinski definition) is 1. The van der Waals surface area contributed by atoms with Crippen LogP contribution in [0.4, 0.5) is 0 Å². The lowest BCUT2D eigenvalue weighted by Gasteiger charge is -2.42. The molecule has 0 saturated carbocycles. The van der Waals surface area contributed by atoms with Crippen molar-refractivity contribution in [3.05, 3.63) is 59.3 Å². The van der Waals surface area contributed by atoms with E-state index in [9.17, 15) is 9.59 Å². The average molecular weight is 440 g/mol. The molecule has 8 heteroatoms. The number of aromatic nitrogens is 1. The van der Waals surface area contributed by atoms with Crippen LogP contribution in [-0.2, 0) is 16.0 Å². The normalized spacial score (nSPS) is 19.4. The molecule has 5 rings (SSSR count). The molecule has 0 aliphatic carbocycles. The van der Waals surface area contributed by atoms with Crippen LogP contribution >= 0.6 is 11.6 Å². The Bertz CT molecular complexity index is 1190. The Morgan fingerprint density at radius 2 is 1.94 bits per heavy atom. The first-order chi connectivity index (χ1) is 15.0. The van der Waals surface area contributed by atoms with E-state index in [4.69, 9.17) is 21.1 Å². The minimum atomic E-state index is -0.664. The Balaban J connectivity index is 1.75. The molecule has 1 N–H and O–H groups in total. The highest BCUT2D eigenvalue weighted by Gasteiger charge is 2.44. The minimum Gasteiger partial charge on any atom is -0.454 e. The van der Waals surface area contributed by atoms with Gasteiger partial charge in [0.15, 0.2) is 11.5 Å². The summed E-state index contributed by atoms with van der Waals surface area (Å²) in [5.41, 5.74) is 3.72. The van der Waals surface area contributed by atoms with Crippen molar-refractivity contribution in [1.82, 2.24) is 14.8 Å². The summed E-state index contributed by atoms with van der Waals surface area (Å²) in [6.07, 6.45) is 0.417. The molecule has 0 fully saturated rings. The number of carbonyl (C=O) groups is 2. The van der Waals surface area contributed by atoms with Crippen molar-refractivity contribution in [3.63, 3.8) is 0 Å². The summed E-state index contributed by atoms with van der Waals surface area (Å²) in [4.78, 5) is 32.9. The van der Waals surface area contributed by atoms with Crippen LogP contribution in [0.1, 0.15) is 22.9 Å². The van der Waals surface area contributed by atoms with Crippen molar-refractivity contribution in [1.29, 1.82) is 0 Å². The van der Waals surface area contributed by atoms with Crippen molar-refractivity contribution in [2.45, 2.75) is 18.5 Å². The van der Waals surface area contributed by atoms with E-state index in [0.29, 0.717) is 17.9 Å². The predicted octanol–water partition coefficient (Wildman–Crippen LogP) is 3.07. The van der Waals surface area contributed by atoms with E-state index in [1.807, 2.05) is 42.5 Å². The Kier molecular flexibility index (Phi) is 4.78. The Hall–Kier alpha value is -3.19. The number of likely N-dealkylation sites (N-methyl/N-ethyl adjacent to an activating group) is 1. The molecular formula is C23H22ClN3O4. The topological polar surface area (TPSA) is 74.9 Å². The number of benzene rings is 2. The first-order valence-corrected chi connectivity index (χ1v) is 10.6. The summed E-state index contributed by atoms with van der Waals surface area (Å²) in [7, 11) is 3.40. The van der Waals surface area contributed by atoms with Gasteiger partial charge in [0, 0.05) is 37.1 Å². The van der Waals surface area contributed by atoms with Crippen molar-refractivity contribution in [2.24, 2.45) is 0 Å². The van der Waals surface area contributed by atoms with Crippen LogP contribution in [0, 0.1) is 0 Å². The Morgan fingerprint density at radius 1 is 1.16 bits per heavy atom. The molecule has 31 heavy (non-hydrogen) atoms. The van der Waals surface area contributed by atoms with E-state index in [2.05, 4.69) is 4.98 Å². The summed E-state index contributed by atoms with van der Waals surface area (Å²) in [6, 6.07) is 12.4. The number of para-hydroxylation sites is 1. The van der Waals surface area contributed by atoms with Crippen LogP contribution in [0.15, 0.2) is 42.5 Å². The quantitative estimate of drug-likeness (QED) is 0.636. The van der Waals surface area contributed by atoms with Gasteiger partial charge in [-0.2, -0.15) is 0 Å². The number of carbonyl (C=O) groups excluding carboxylic acids is 2. The fourth-order valence-corrected chi connectivity index (χ4v) is 4.72. The molecule has 0 radical (unpaired) electrons. The highest BCUT2D eigenvalue weighted by atomic mass is 35.5. The number of hydrogen-bond acceptors (Lipinski definition) is 4. The van der Waals surface area contributed by atoms with Crippen LogP contribution in [-0.4, -0.2) is 59.4 Å². The number of ether oxygens (including phenoxy) is 2. The number of amides is 2. The lowest BCUT2D eigenvalue weighted by molar-refractivity contribution is -0.145. The van der Waals surface area contributed by atoms with Gasteiger partial charge in [-0.1, -0.05) is 24.3 Å². The first-order valence-electron chi connectivity index (χ1n) is 10.1. The number of nitrogens with one attached hydrogen (secondary N) is 1. The molecule has 0 unspecified atom stereocenters. The van der Waals surface area contributed by atoms with Gasteiger partial charge < -0.3 is 24.3 Å². The van der Waals surface area contributed by atoms with E-state index >= 15 is 0 Å². The molecule has 2 aliphatic rings. The van der Waals surface area contributed by atoms with Crippen LogP contribution < -0.4 is 9.47 Å². The second-order valence-electron chi connectivity index (χ2n) is 7.97. The average Bonchev–Trinajstić information content (AvgIpc) is 3.40. The van der Waals surface area contributed by atoms with E-state index < -0.39 is 12.1 Å². The minimum absolute atomic E-state index is 0.139. The molecule has 3 aromatic rings. The third-order valence-corrected chi connectivity index (χ3v) is 6.20. The van der Waals surface area contributed by atoms with Crippen molar-refractivity contribution in [3.8, 4) is 11.5 Å². The van der Waals surface area contributed by atoms with E-state index in [1.165, 1.54) is 4.90 Å². The van der Waals surface area contributed by atoms with Gasteiger partial charge in [-0.3, -0.25) is 9.59 Å². The fraction of sp³-hybridized carbons (Fsp3) is 0.304. The van der Waals surface area contributed by atoms with Crippen molar-refractivity contribution >= 4 is 34.3 Å². The molecule has 0 saturated heterocycles. The maximum absolute atomic E-state index is 13.2. The van der Waals surface area contributed by atoms with Gasteiger partial charge in [0.1, 0.15) is 11.9 Å². The number of nitrogens with zero attached hydrogens (tertiary/aromatic N) is 2. The van der Waals surface area contributed by atoms with Gasteiger partial charge in [-0.05, 0) is 29.3 Å². The summed E-state index contributed by atoms with van der Waals surface area (Å²) in [6.45, 7) is 0.160. The lowest BCUT2D eigenvalue weighted by Crippen LogP contribution is -2.54. The summed E-state index contributed by atoms with van der Waals surface area (Å²) < 4.78 is 11.0. The first kappa shape index (κ1) is 19.8. The number of aromatic amines is 1. The van der Waals surface area contributed by atoms with E-state index in [1.54, 1.807) is 19.0 Å². The molecule has 0 spiro atoms. The van der Waals surface area contributed by atoms with Gasteiger partial charge in [0.25, 0.3) is 0 Å². The van der Waals surface area contributed by atoms with E-state index in [-0.39, 0.29) is 24.5 Å². The molecule has 3 heterocycles. The van der Waals surface area contributed by atoms with Gasteiger partial charge in [0.2, 0.25) is 18.6 Å². The number of halogens is 1. The molecule has 2 aromatic carbocycles. The molecule has 2 atom stereocenters. The standard InChI is InChI=1S/C23H22ClN3O4/c1-26(2)23(29)17-10-15-14-5-3-4-6-16(14)25-21(15)22(27(17)20(28)11-24)13-7-8-18-19(9-13)31-12-30-18/h3-9,17,22,25H,10-12H2,1-2H3/t17-,22-/m1/s1. The zero-order valence-electron chi connectivity index (χ0n) is 17.2. The van der Waals surface area contributed by atoms with Gasteiger partial charge in [-0.25, -0.2) is 0 Å². The zero-order valence-corrected chi connectivity index (χ0v) is 18.0. The molecule has 2 amide bonds. The van der Waals surface area contributed by atoms with Gasteiger partial charge in [0.05, 0.1) is 6.04 Å². The lowest BCUT2D eigenvalue weighted by atomic mass is 9.87. The molecule has 2 aliphatic heterocycles. The van der Waals surface area contributed by atoms with Crippen LogP contribution in [0.3, 0.4) is 0 Å². The number of alkyl halides is 1. The Morgan fingerprint density at radius 3 is 2.71 bits per heavy atom. The predicted molar refractivity (Wildman–Crippen MR) is 116 cm³/mol. The second-order valence-corrected chi connectivity index (χ2v) is 8.23. The highest BCUT2D eigenvalue weighted by molar-refractivity contribution is 6.27. The molecule has 7 nitrogen and oxygen atoms in total. The summed E-state index contributed by atoms with van der Waals surface area (Å²) >= 11 is 6.02. The molecule has 0 bridgehead atoms. The third-order valence-electron chi connectivity index (χ3n) is 5.97. The monoisotopic (exact) mass is 439 g/mol. The van der Waals surface area contributed by atoms with Crippen molar-refractivity contribution < 1.29 is 19.1 Å². The Labute approximate surface area is 184 Å². The van der Waals surface area contributed by atoms with E-state index in [0.717, 1.165) is 27.7 Å². The largest absolute Gasteiger partial charge is 0.454 e. The van der Waals surface area contributed by atoms with Gasteiger partial charge >= 0.3 is 0 Å². The third kappa shape index (κ3) is 3.11. The molecule has 1 aromatic heterocycles. The smallest absolute Gasteiger partial charge is 0.245 e. The van der Waals surface area contributed by atoms with Gasteiger partial charge in [-0.15, -0.1) is 11.6 Å². The highest BCUT2D eigenvalue weighted by Crippen LogP contribution is 2.44. The number of H-pyrrole nitrogens is 1. The SMILES string of the molecule is CN(C)C(=O)[C@H]1Cc2c([nH]c3ccccc23)[C@@H](c2ccc3c(c2)OCO3)N1C(=O)CCl. The van der Waals surface area contributed by atoms with Crippen molar-refractivity contribution in [2.75, 3.05) is 26.8 Å². The molecular weight excluding hydrogens is 418 g/mol. The van der Waals surface area contributed by atoms with Crippen LogP contribution in [0.2, 0.25) is 0 Å². The molecule has 160 valence electrons.